The minimum absolute atomic E-state index is 0.0297. The molecule has 0 bridgehead atoms. The van der Waals surface area contributed by atoms with Gasteiger partial charge in [0.15, 0.2) is 0 Å². The van der Waals surface area contributed by atoms with E-state index in [0.717, 1.165) is 25.9 Å². The molecule has 0 saturated carbocycles. The number of carbonyl (C=O) groups excluding carboxylic acids is 1. The first-order valence-electron chi connectivity index (χ1n) is 7.19. The van der Waals surface area contributed by atoms with Gasteiger partial charge in [-0.3, -0.25) is 4.79 Å². The average molecular weight is 356 g/mol. The number of aliphatic hydroxyl groups excluding tert-OH is 1. The van der Waals surface area contributed by atoms with E-state index in [1.165, 1.54) is 0 Å². The van der Waals surface area contributed by atoms with Gasteiger partial charge in [0.2, 0.25) is 0 Å². The fourth-order valence-corrected chi connectivity index (χ4v) is 3.17. The van der Waals surface area contributed by atoms with E-state index in [-0.39, 0.29) is 18.6 Å². The highest BCUT2D eigenvalue weighted by atomic mass is 79.9. The first kappa shape index (κ1) is 16.3. The SMILES string of the molecule is CN1CCC(N(CCO)C(=O)c2cccc(N)c2Br)CC1. The molecule has 5 nitrogen and oxygen atoms in total. The van der Waals surface area contributed by atoms with Crippen LogP contribution < -0.4 is 5.73 Å². The molecule has 0 spiro atoms. The molecule has 0 atom stereocenters. The minimum Gasteiger partial charge on any atom is -0.398 e. The first-order chi connectivity index (χ1) is 10.0. The molecule has 1 heterocycles. The molecule has 2 rings (SSSR count). The lowest BCUT2D eigenvalue weighted by molar-refractivity contribution is 0.0539. The number of amides is 1. The van der Waals surface area contributed by atoms with Crippen molar-refractivity contribution in [2.45, 2.75) is 18.9 Å². The summed E-state index contributed by atoms with van der Waals surface area (Å²) in [4.78, 5) is 16.8. The number of halogens is 1. The molecule has 116 valence electrons. The van der Waals surface area contributed by atoms with Crippen molar-refractivity contribution in [3.63, 3.8) is 0 Å². The molecule has 6 heteroatoms. The Morgan fingerprint density at radius 3 is 2.76 bits per heavy atom. The van der Waals surface area contributed by atoms with E-state index in [9.17, 15) is 9.90 Å². The van der Waals surface area contributed by atoms with Gasteiger partial charge in [0, 0.05) is 18.3 Å². The Hall–Kier alpha value is -1.11. The first-order valence-corrected chi connectivity index (χ1v) is 7.98. The van der Waals surface area contributed by atoms with Crippen LogP contribution in [0.3, 0.4) is 0 Å². The lowest BCUT2D eigenvalue weighted by atomic mass is 10.0. The fraction of sp³-hybridized carbons (Fsp3) is 0.533. The third-order valence-corrected chi connectivity index (χ3v) is 4.87. The molecule has 1 amide bonds. The van der Waals surface area contributed by atoms with Crippen LogP contribution in [-0.2, 0) is 0 Å². The molecule has 1 aromatic rings. The number of nitrogen functional groups attached to an aromatic ring is 1. The summed E-state index contributed by atoms with van der Waals surface area (Å²) >= 11 is 3.39. The van der Waals surface area contributed by atoms with E-state index in [1.807, 2.05) is 0 Å². The van der Waals surface area contributed by atoms with Gasteiger partial charge in [-0.25, -0.2) is 0 Å². The van der Waals surface area contributed by atoms with Gasteiger partial charge in [-0.15, -0.1) is 0 Å². The lowest BCUT2D eigenvalue weighted by Gasteiger charge is -2.37. The van der Waals surface area contributed by atoms with Crippen molar-refractivity contribution in [3.8, 4) is 0 Å². The van der Waals surface area contributed by atoms with Crippen molar-refractivity contribution >= 4 is 27.5 Å². The van der Waals surface area contributed by atoms with Gasteiger partial charge in [-0.2, -0.15) is 0 Å². The second-order valence-electron chi connectivity index (χ2n) is 5.47. The van der Waals surface area contributed by atoms with Gasteiger partial charge in [0.25, 0.3) is 5.91 Å². The van der Waals surface area contributed by atoms with E-state index < -0.39 is 0 Å². The number of hydrogen-bond donors (Lipinski definition) is 2. The number of nitrogens with two attached hydrogens (primary N) is 1. The average Bonchev–Trinajstić information content (AvgIpc) is 2.48. The van der Waals surface area contributed by atoms with Gasteiger partial charge in [-0.05, 0) is 61.0 Å². The van der Waals surface area contributed by atoms with Crippen LogP contribution in [0.1, 0.15) is 23.2 Å². The van der Waals surface area contributed by atoms with Crippen LogP contribution in [0, 0.1) is 0 Å². The Kier molecular flexibility index (Phi) is 5.61. The monoisotopic (exact) mass is 355 g/mol. The smallest absolute Gasteiger partial charge is 0.255 e. The maximum Gasteiger partial charge on any atom is 0.255 e. The second kappa shape index (κ2) is 7.24. The van der Waals surface area contributed by atoms with Crippen LogP contribution in [-0.4, -0.2) is 60.1 Å². The topological polar surface area (TPSA) is 69.8 Å². The van der Waals surface area contributed by atoms with Crippen molar-refractivity contribution in [2.24, 2.45) is 0 Å². The molecular formula is C15H22BrN3O2. The number of hydrogen-bond acceptors (Lipinski definition) is 4. The molecule has 3 N–H and O–H groups in total. The summed E-state index contributed by atoms with van der Waals surface area (Å²) in [5.74, 6) is -0.0715. The zero-order valence-corrected chi connectivity index (χ0v) is 13.8. The summed E-state index contributed by atoms with van der Waals surface area (Å²) in [6.07, 6.45) is 1.87. The Morgan fingerprint density at radius 1 is 1.48 bits per heavy atom. The highest BCUT2D eigenvalue weighted by Gasteiger charge is 2.28. The summed E-state index contributed by atoms with van der Waals surface area (Å²) < 4.78 is 0.630. The largest absolute Gasteiger partial charge is 0.398 e. The Bertz CT molecular complexity index is 502. The molecule has 1 aliphatic heterocycles. The van der Waals surface area contributed by atoms with E-state index in [1.54, 1.807) is 23.1 Å². The maximum absolute atomic E-state index is 12.8. The molecule has 1 saturated heterocycles. The van der Waals surface area contributed by atoms with Crippen LogP contribution in [0.2, 0.25) is 0 Å². The predicted molar refractivity (Wildman–Crippen MR) is 87.2 cm³/mol. The van der Waals surface area contributed by atoms with Gasteiger partial charge >= 0.3 is 0 Å². The van der Waals surface area contributed by atoms with Crippen molar-refractivity contribution in [2.75, 3.05) is 39.0 Å². The molecular weight excluding hydrogens is 334 g/mol. The van der Waals surface area contributed by atoms with Crippen molar-refractivity contribution < 1.29 is 9.90 Å². The molecule has 0 aliphatic carbocycles. The van der Waals surface area contributed by atoms with Gasteiger partial charge in [-0.1, -0.05) is 6.07 Å². The zero-order valence-electron chi connectivity index (χ0n) is 12.3. The third kappa shape index (κ3) is 3.75. The van der Waals surface area contributed by atoms with Crippen LogP contribution in [0.25, 0.3) is 0 Å². The number of piperidine rings is 1. The van der Waals surface area contributed by atoms with Crippen LogP contribution >= 0.6 is 15.9 Å². The van der Waals surface area contributed by atoms with E-state index >= 15 is 0 Å². The van der Waals surface area contributed by atoms with Gasteiger partial charge in [0.05, 0.1) is 16.6 Å². The predicted octanol–water partition coefficient (Wildman–Crippen LogP) is 1.56. The summed E-state index contributed by atoms with van der Waals surface area (Å²) in [5, 5.41) is 9.30. The molecule has 1 fully saturated rings. The quantitative estimate of drug-likeness (QED) is 0.804. The highest BCUT2D eigenvalue weighted by molar-refractivity contribution is 9.10. The van der Waals surface area contributed by atoms with Crippen LogP contribution in [0.15, 0.2) is 22.7 Å². The maximum atomic E-state index is 12.8. The summed E-state index contributed by atoms with van der Waals surface area (Å²) in [6, 6.07) is 5.47. The van der Waals surface area contributed by atoms with E-state index in [2.05, 4.69) is 27.9 Å². The number of benzene rings is 1. The number of anilines is 1. The highest BCUT2D eigenvalue weighted by Crippen LogP contribution is 2.26. The molecule has 21 heavy (non-hydrogen) atoms. The minimum atomic E-state index is -0.0715. The van der Waals surface area contributed by atoms with Crippen molar-refractivity contribution in [1.29, 1.82) is 0 Å². The number of carbonyl (C=O) groups is 1. The zero-order chi connectivity index (χ0) is 15.4. The number of nitrogens with zero attached hydrogens (tertiary/aromatic N) is 2. The Balaban J connectivity index is 2.21. The third-order valence-electron chi connectivity index (χ3n) is 3.99. The molecule has 0 unspecified atom stereocenters. The molecule has 1 aromatic carbocycles. The number of rotatable bonds is 4. The van der Waals surface area contributed by atoms with Crippen LogP contribution in [0.5, 0.6) is 0 Å². The molecule has 0 radical (unpaired) electrons. The van der Waals surface area contributed by atoms with Crippen molar-refractivity contribution in [3.05, 3.63) is 28.2 Å². The summed E-state index contributed by atoms with van der Waals surface area (Å²) in [6.45, 7) is 2.27. The van der Waals surface area contributed by atoms with Gasteiger partial charge < -0.3 is 20.6 Å². The number of likely N-dealkylation sites (tertiary alicyclic amines) is 1. The van der Waals surface area contributed by atoms with E-state index in [0.29, 0.717) is 22.3 Å². The summed E-state index contributed by atoms with van der Waals surface area (Å²) in [5.41, 5.74) is 6.96. The lowest BCUT2D eigenvalue weighted by Crippen LogP contribution is -2.47. The second-order valence-corrected chi connectivity index (χ2v) is 6.26. The Morgan fingerprint density at radius 2 is 2.14 bits per heavy atom. The summed E-state index contributed by atoms with van der Waals surface area (Å²) in [7, 11) is 2.09. The van der Waals surface area contributed by atoms with Crippen molar-refractivity contribution in [1.82, 2.24) is 9.80 Å². The molecule has 0 aromatic heterocycles. The fourth-order valence-electron chi connectivity index (χ4n) is 2.73. The normalized spacial score (nSPS) is 16.9. The standard InChI is InChI=1S/C15H22BrN3O2/c1-18-7-5-11(6-8-18)19(9-10-20)15(21)12-3-2-4-13(17)14(12)16/h2-4,11,20H,5-10,17H2,1H3. The van der Waals surface area contributed by atoms with Crippen LogP contribution in [0.4, 0.5) is 5.69 Å². The van der Waals surface area contributed by atoms with E-state index in [4.69, 9.17) is 5.73 Å². The van der Waals surface area contributed by atoms with Gasteiger partial charge in [0.1, 0.15) is 0 Å². The molecule has 1 aliphatic rings. The number of aliphatic hydroxyl groups is 1. The Labute approximate surface area is 133 Å².